The van der Waals surface area contributed by atoms with Crippen molar-refractivity contribution >= 4 is 31.9 Å². The van der Waals surface area contributed by atoms with Gasteiger partial charge in [0.2, 0.25) is 0 Å². The Balaban J connectivity index is 0.000000366. The molecule has 2 nitrogen and oxygen atoms in total. The second kappa shape index (κ2) is 30.9. The van der Waals surface area contributed by atoms with Gasteiger partial charge >= 0.3 is 0 Å². The van der Waals surface area contributed by atoms with E-state index in [9.17, 15) is 0 Å². The topological polar surface area (TPSA) is 7.76 Å². The fourth-order valence-electron chi connectivity index (χ4n) is 7.33. The lowest BCUT2D eigenvalue weighted by molar-refractivity contribution is -0.697. The summed E-state index contributed by atoms with van der Waals surface area (Å²) < 4.78 is 4.78. The number of aromatic nitrogens is 2. The van der Waals surface area contributed by atoms with Gasteiger partial charge in [0.25, 0.3) is 0 Å². The molecule has 4 heteroatoms. The molecule has 0 N–H and O–H groups in total. The molecule has 0 spiro atoms. The third kappa shape index (κ3) is 20.6. The second-order valence-corrected chi connectivity index (χ2v) is 16.9. The van der Waals surface area contributed by atoms with E-state index in [0.29, 0.717) is 0 Å². The van der Waals surface area contributed by atoms with E-state index < -0.39 is 0 Å². The van der Waals surface area contributed by atoms with E-state index in [4.69, 9.17) is 0 Å². The highest BCUT2D eigenvalue weighted by Crippen LogP contribution is 2.18. The molecule has 4 rings (SSSR count). The van der Waals surface area contributed by atoms with Crippen LogP contribution in [0.5, 0.6) is 0 Å². The highest BCUT2D eigenvalue weighted by molar-refractivity contribution is 9.09. The molecule has 296 valence electrons. The largest absolute Gasteiger partial charge is 0.205 e. The Hall–Kier alpha value is -2.30. The molecular formula is C50H74Br2N2+2. The van der Waals surface area contributed by atoms with Crippen molar-refractivity contribution in [3.8, 4) is 0 Å². The van der Waals surface area contributed by atoms with Crippen LogP contribution in [0.25, 0.3) is 0 Å². The molecule has 0 aliphatic heterocycles. The van der Waals surface area contributed by atoms with Crippen LogP contribution in [0.1, 0.15) is 150 Å². The smallest absolute Gasteiger partial charge is 0.171 e. The van der Waals surface area contributed by atoms with Gasteiger partial charge in [0.1, 0.15) is 13.1 Å². The van der Waals surface area contributed by atoms with Crippen LogP contribution in [0.3, 0.4) is 0 Å². The Morgan fingerprint density at radius 3 is 1.06 bits per heavy atom. The molecule has 2 aromatic carbocycles. The fourth-order valence-corrected chi connectivity index (χ4v) is 8.12. The number of alkyl halides is 2. The van der Waals surface area contributed by atoms with E-state index in [-0.39, 0.29) is 0 Å². The van der Waals surface area contributed by atoms with Crippen molar-refractivity contribution in [1.29, 1.82) is 0 Å². The zero-order valence-corrected chi connectivity index (χ0v) is 37.4. The first kappa shape index (κ1) is 46.1. The standard InChI is InChI=1S/C34H50N2.C16H24Br2/c1-3-5-17-31-19-15-27-35(29-31)25-13-7-9-21-33-23-11-12-24-34(33)22-10-8-14-26-36-28-16-20-32(30-36)18-6-4-2;17-13-7-1-3-9-15-11-5-6-12-16(15)10-4-2-8-14-18/h11-12,15-16,19-20,23-24,27-30H,3-10,13-14,17-18,21-22,25-26H2,1-2H3;5-6,11-12H,1-4,7-10,13-14H2/q+2;. The first-order chi connectivity index (χ1) is 26.7. The second-order valence-electron chi connectivity index (χ2n) is 15.3. The zero-order valence-electron chi connectivity index (χ0n) is 34.3. The highest BCUT2D eigenvalue weighted by atomic mass is 79.9. The Kier molecular flexibility index (Phi) is 26.3. The van der Waals surface area contributed by atoms with Crippen LogP contribution in [-0.4, -0.2) is 10.7 Å². The molecule has 2 aromatic heterocycles. The van der Waals surface area contributed by atoms with Crippen LogP contribution in [-0.2, 0) is 51.6 Å². The van der Waals surface area contributed by atoms with Gasteiger partial charge in [0, 0.05) is 46.8 Å². The number of hydrogen-bond donors (Lipinski definition) is 0. The summed E-state index contributed by atoms with van der Waals surface area (Å²) in [6, 6.07) is 27.1. The predicted octanol–water partition coefficient (Wildman–Crippen LogP) is 13.7. The molecular weight excluding hydrogens is 788 g/mol. The third-order valence-corrected chi connectivity index (χ3v) is 11.7. The van der Waals surface area contributed by atoms with Gasteiger partial charge in [-0.15, -0.1) is 0 Å². The summed E-state index contributed by atoms with van der Waals surface area (Å²) in [7, 11) is 0. The molecule has 0 aliphatic carbocycles. The maximum Gasteiger partial charge on any atom is 0.171 e. The Labute approximate surface area is 348 Å². The van der Waals surface area contributed by atoms with E-state index in [1.54, 1.807) is 22.3 Å². The van der Waals surface area contributed by atoms with Gasteiger partial charge in [-0.2, -0.15) is 0 Å². The number of rotatable bonds is 28. The summed E-state index contributed by atoms with van der Waals surface area (Å²) in [5.41, 5.74) is 9.26. The van der Waals surface area contributed by atoms with Crippen LogP contribution >= 0.6 is 31.9 Å². The number of unbranched alkanes of at least 4 members (excludes halogenated alkanes) is 10. The molecule has 0 atom stereocenters. The van der Waals surface area contributed by atoms with E-state index in [1.165, 1.54) is 152 Å². The van der Waals surface area contributed by atoms with Crippen LogP contribution in [0.15, 0.2) is 97.6 Å². The number of nitrogens with zero attached hydrogens (tertiary/aromatic N) is 2. The van der Waals surface area contributed by atoms with Crippen molar-refractivity contribution < 1.29 is 9.13 Å². The maximum absolute atomic E-state index is 3.50. The molecule has 4 aromatic rings. The molecule has 0 unspecified atom stereocenters. The minimum absolute atomic E-state index is 1.14. The Bertz CT molecular complexity index is 1390. The zero-order chi connectivity index (χ0) is 38.3. The molecule has 54 heavy (non-hydrogen) atoms. The van der Waals surface area contributed by atoms with E-state index >= 15 is 0 Å². The predicted molar refractivity (Wildman–Crippen MR) is 241 cm³/mol. The first-order valence-electron chi connectivity index (χ1n) is 21.9. The van der Waals surface area contributed by atoms with Gasteiger partial charge in [0.15, 0.2) is 24.8 Å². The van der Waals surface area contributed by atoms with E-state index in [2.05, 4.69) is 152 Å². The fraction of sp³-hybridized carbons (Fsp3) is 0.560. The number of pyridine rings is 2. The minimum atomic E-state index is 1.14. The summed E-state index contributed by atoms with van der Waals surface area (Å²) in [5, 5.41) is 2.28. The molecule has 0 fully saturated rings. The van der Waals surface area contributed by atoms with Crippen molar-refractivity contribution in [1.82, 2.24) is 0 Å². The van der Waals surface area contributed by atoms with E-state index in [1.807, 2.05) is 0 Å². The maximum atomic E-state index is 3.50. The van der Waals surface area contributed by atoms with Crippen molar-refractivity contribution in [3.63, 3.8) is 0 Å². The molecule has 0 radical (unpaired) electrons. The van der Waals surface area contributed by atoms with Crippen LogP contribution < -0.4 is 9.13 Å². The number of hydrogen-bond acceptors (Lipinski definition) is 0. The molecule has 0 saturated heterocycles. The monoisotopic (exact) mass is 860 g/mol. The van der Waals surface area contributed by atoms with Crippen molar-refractivity contribution in [2.24, 2.45) is 0 Å². The summed E-state index contributed by atoms with van der Waals surface area (Å²) >= 11 is 6.99. The Morgan fingerprint density at radius 1 is 0.370 bits per heavy atom. The average Bonchev–Trinajstić information content (AvgIpc) is 3.21. The van der Waals surface area contributed by atoms with Gasteiger partial charge in [0.05, 0.1) is 0 Å². The summed E-state index contributed by atoms with van der Waals surface area (Å²) in [4.78, 5) is 0. The normalized spacial score (nSPS) is 11.0. The lowest BCUT2D eigenvalue weighted by Crippen LogP contribution is -2.33. The Morgan fingerprint density at radius 2 is 0.722 bits per heavy atom. The van der Waals surface area contributed by atoms with Crippen molar-refractivity contribution in [3.05, 3.63) is 131 Å². The third-order valence-electron chi connectivity index (χ3n) is 10.6. The van der Waals surface area contributed by atoms with Gasteiger partial charge in [-0.25, -0.2) is 9.13 Å². The summed E-state index contributed by atoms with van der Waals surface area (Å²) in [6.45, 7) is 6.82. The van der Waals surface area contributed by atoms with Gasteiger partial charge in [-0.3, -0.25) is 0 Å². The van der Waals surface area contributed by atoms with Crippen LogP contribution in [0, 0.1) is 0 Å². The number of halogens is 2. The first-order valence-corrected chi connectivity index (χ1v) is 24.1. The summed E-state index contributed by atoms with van der Waals surface area (Å²) in [6.07, 6.45) is 37.3. The van der Waals surface area contributed by atoms with Crippen LogP contribution in [0.4, 0.5) is 0 Å². The lowest BCUT2D eigenvalue weighted by atomic mass is 9.97. The van der Waals surface area contributed by atoms with Crippen molar-refractivity contribution in [2.75, 3.05) is 10.7 Å². The lowest BCUT2D eigenvalue weighted by Gasteiger charge is -2.09. The van der Waals surface area contributed by atoms with Gasteiger partial charge < -0.3 is 0 Å². The molecule has 0 aliphatic rings. The van der Waals surface area contributed by atoms with Crippen LogP contribution in [0.2, 0.25) is 0 Å². The highest BCUT2D eigenvalue weighted by Gasteiger charge is 2.07. The SMILES string of the molecule is BrCCCCCc1ccccc1CCCCCBr.CCCCc1ccc[n+](CCCCCc2ccccc2CCCCC[n+]2cccc(CCCC)c2)c1. The quantitative estimate of drug-likeness (QED) is 0.0305. The minimum Gasteiger partial charge on any atom is -0.205 e. The molecule has 0 saturated carbocycles. The molecule has 0 amide bonds. The number of aryl methyl sites for hydroxylation is 8. The molecule has 0 bridgehead atoms. The van der Waals surface area contributed by atoms with E-state index in [0.717, 1.165) is 23.7 Å². The van der Waals surface area contributed by atoms with Gasteiger partial charge in [-0.1, -0.05) is 120 Å². The number of benzene rings is 2. The van der Waals surface area contributed by atoms with Gasteiger partial charge in [-0.05, 0) is 137 Å². The average molecular weight is 863 g/mol. The molecule has 2 heterocycles. The summed E-state index contributed by atoms with van der Waals surface area (Å²) in [5.74, 6) is 0. The van der Waals surface area contributed by atoms with Crippen molar-refractivity contribution in [2.45, 2.75) is 168 Å².